The van der Waals surface area contributed by atoms with Gasteiger partial charge in [0.25, 0.3) is 11.5 Å². The molecule has 0 unspecified atom stereocenters. The van der Waals surface area contributed by atoms with Gasteiger partial charge in [-0.2, -0.15) is 0 Å². The Balaban J connectivity index is 1.53. The van der Waals surface area contributed by atoms with Crippen LogP contribution in [0.4, 0.5) is 15.9 Å². The van der Waals surface area contributed by atoms with Gasteiger partial charge in [0.2, 0.25) is 0 Å². The Hall–Kier alpha value is -3.24. The van der Waals surface area contributed by atoms with Crippen LogP contribution >= 0.6 is 24.0 Å². The average molecular weight is 524 g/mol. The van der Waals surface area contributed by atoms with E-state index in [0.717, 1.165) is 17.7 Å². The van der Waals surface area contributed by atoms with Crippen LogP contribution in [0, 0.1) is 12.7 Å². The monoisotopic (exact) mass is 523 g/mol. The maximum atomic E-state index is 13.7. The summed E-state index contributed by atoms with van der Waals surface area (Å²) >= 11 is 6.64. The van der Waals surface area contributed by atoms with Crippen molar-refractivity contribution >= 4 is 57.4 Å². The summed E-state index contributed by atoms with van der Waals surface area (Å²) in [7, 11) is 0. The molecule has 7 nitrogen and oxygen atoms in total. The lowest BCUT2D eigenvalue weighted by atomic mass is 10.2. The van der Waals surface area contributed by atoms with Gasteiger partial charge in [0.15, 0.2) is 0 Å². The fourth-order valence-electron chi connectivity index (χ4n) is 4.49. The largest absolute Gasteiger partial charge is 0.368 e. The predicted octanol–water partition coefficient (Wildman–Crippen LogP) is 4.08. The predicted molar refractivity (Wildman–Crippen MR) is 147 cm³/mol. The van der Waals surface area contributed by atoms with Gasteiger partial charge >= 0.3 is 0 Å². The second kappa shape index (κ2) is 10.0. The van der Waals surface area contributed by atoms with Crippen LogP contribution in [0.1, 0.15) is 24.5 Å². The molecule has 2 fully saturated rings. The summed E-state index contributed by atoms with van der Waals surface area (Å²) in [5, 5.41) is 0. The van der Waals surface area contributed by atoms with Crippen molar-refractivity contribution in [2.24, 2.45) is 0 Å². The highest BCUT2D eigenvalue weighted by Crippen LogP contribution is 2.34. The van der Waals surface area contributed by atoms with Crippen molar-refractivity contribution < 1.29 is 9.18 Å². The molecule has 0 saturated carbocycles. The van der Waals surface area contributed by atoms with Crippen molar-refractivity contribution in [1.29, 1.82) is 0 Å². The number of anilines is 2. The van der Waals surface area contributed by atoms with E-state index in [1.165, 1.54) is 28.3 Å². The number of benzene rings is 1. The molecule has 1 amide bonds. The normalized spacial score (nSPS) is 17.6. The standard InChI is InChI=1S/C26H26FN5O2S2/c1-3-10-31-25(34)21(36-26(31)35)15-20-23(28-22-9-4-17(2)16-32(22)24(20)33)30-13-11-29(12-14-30)19-7-5-18(27)6-8-19/h4-9,15-16H,3,10-14H2,1-2H3/b21-15-. The van der Waals surface area contributed by atoms with E-state index in [9.17, 15) is 14.0 Å². The molecular weight excluding hydrogens is 497 g/mol. The van der Waals surface area contributed by atoms with Crippen molar-refractivity contribution in [3.63, 3.8) is 0 Å². The van der Waals surface area contributed by atoms with Crippen LogP contribution in [0.5, 0.6) is 0 Å². The first-order chi connectivity index (χ1) is 17.4. The lowest BCUT2D eigenvalue weighted by Crippen LogP contribution is -2.47. The maximum absolute atomic E-state index is 13.7. The Labute approximate surface area is 218 Å². The van der Waals surface area contributed by atoms with Crippen LogP contribution in [-0.2, 0) is 4.79 Å². The third-order valence-corrected chi connectivity index (χ3v) is 7.73. The Morgan fingerprint density at radius 2 is 1.75 bits per heavy atom. The summed E-state index contributed by atoms with van der Waals surface area (Å²) in [6.45, 7) is 7.11. The van der Waals surface area contributed by atoms with Crippen LogP contribution in [0.2, 0.25) is 0 Å². The summed E-state index contributed by atoms with van der Waals surface area (Å²) in [6, 6.07) is 10.2. The number of thiocarbonyl (C=S) groups is 1. The minimum atomic E-state index is -0.262. The number of piperazine rings is 1. The van der Waals surface area contributed by atoms with E-state index in [0.29, 0.717) is 59.0 Å². The van der Waals surface area contributed by atoms with Gasteiger partial charge < -0.3 is 9.80 Å². The average Bonchev–Trinajstić information content (AvgIpc) is 3.14. The third-order valence-electron chi connectivity index (χ3n) is 6.35. The first-order valence-electron chi connectivity index (χ1n) is 11.9. The van der Waals surface area contributed by atoms with Crippen LogP contribution in [0.15, 0.2) is 52.3 Å². The number of hydrogen-bond donors (Lipinski definition) is 0. The van der Waals surface area contributed by atoms with E-state index < -0.39 is 0 Å². The number of fused-ring (bicyclic) bond motifs is 1. The molecular formula is C26H26FN5O2S2. The fraction of sp³-hybridized carbons (Fsp3) is 0.308. The van der Waals surface area contributed by atoms with Gasteiger partial charge in [0.1, 0.15) is 21.6 Å². The van der Waals surface area contributed by atoms with Gasteiger partial charge in [-0.25, -0.2) is 9.37 Å². The van der Waals surface area contributed by atoms with Crippen molar-refractivity contribution in [2.45, 2.75) is 20.3 Å². The van der Waals surface area contributed by atoms with Crippen molar-refractivity contribution in [3.05, 3.63) is 74.8 Å². The highest BCUT2D eigenvalue weighted by atomic mass is 32.2. The Morgan fingerprint density at radius 3 is 2.44 bits per heavy atom. The smallest absolute Gasteiger partial charge is 0.267 e. The number of nitrogens with zero attached hydrogens (tertiary/aromatic N) is 5. The van der Waals surface area contributed by atoms with Gasteiger partial charge in [-0.1, -0.05) is 37.0 Å². The van der Waals surface area contributed by atoms with Gasteiger partial charge in [-0.15, -0.1) is 0 Å². The number of rotatable bonds is 5. The summed E-state index contributed by atoms with van der Waals surface area (Å²) in [6.07, 6.45) is 4.21. The number of halogens is 1. The number of amides is 1. The molecule has 36 heavy (non-hydrogen) atoms. The minimum Gasteiger partial charge on any atom is -0.368 e. The Bertz CT molecular complexity index is 1430. The van der Waals surface area contributed by atoms with Crippen molar-refractivity contribution in [2.75, 3.05) is 42.5 Å². The van der Waals surface area contributed by atoms with Gasteiger partial charge in [0.05, 0.1) is 10.5 Å². The van der Waals surface area contributed by atoms with Gasteiger partial charge in [-0.05, 0) is 55.3 Å². The van der Waals surface area contributed by atoms with E-state index in [2.05, 4.69) is 9.80 Å². The molecule has 10 heteroatoms. The molecule has 1 aromatic carbocycles. The molecule has 3 aromatic rings. The number of thioether (sulfide) groups is 1. The summed E-state index contributed by atoms with van der Waals surface area (Å²) in [4.78, 5) is 37.9. The lowest BCUT2D eigenvalue weighted by molar-refractivity contribution is -0.122. The number of hydrogen-bond acceptors (Lipinski definition) is 7. The van der Waals surface area contributed by atoms with E-state index >= 15 is 0 Å². The molecule has 5 rings (SSSR count). The number of aromatic nitrogens is 2. The fourth-order valence-corrected chi connectivity index (χ4v) is 5.78. The summed E-state index contributed by atoms with van der Waals surface area (Å²) < 4.78 is 15.4. The first kappa shape index (κ1) is 24.5. The van der Waals surface area contributed by atoms with Gasteiger partial charge in [0, 0.05) is 44.6 Å². The van der Waals surface area contributed by atoms with Crippen LogP contribution in [0.3, 0.4) is 0 Å². The molecule has 0 aliphatic carbocycles. The molecule has 186 valence electrons. The Morgan fingerprint density at radius 1 is 1.06 bits per heavy atom. The SMILES string of the molecule is CCCN1C(=O)/C(=C/c2c(N3CCN(c4ccc(F)cc4)CC3)nc3ccc(C)cn3c2=O)SC1=S. The molecule has 0 atom stereocenters. The van der Waals surface area contributed by atoms with E-state index in [1.807, 2.05) is 26.0 Å². The quantitative estimate of drug-likeness (QED) is 0.369. The van der Waals surface area contributed by atoms with Crippen molar-refractivity contribution in [3.8, 4) is 0 Å². The van der Waals surface area contributed by atoms with Crippen LogP contribution < -0.4 is 15.4 Å². The number of aryl methyl sites for hydroxylation is 1. The molecule has 0 bridgehead atoms. The zero-order valence-electron chi connectivity index (χ0n) is 20.1. The van der Waals surface area contributed by atoms with E-state index in [4.69, 9.17) is 17.2 Å². The number of pyridine rings is 1. The first-order valence-corrected chi connectivity index (χ1v) is 13.1. The maximum Gasteiger partial charge on any atom is 0.267 e. The molecule has 2 aliphatic rings. The van der Waals surface area contributed by atoms with Crippen LogP contribution in [-0.4, -0.2) is 57.2 Å². The van der Waals surface area contributed by atoms with E-state index in [-0.39, 0.29) is 17.3 Å². The highest BCUT2D eigenvalue weighted by molar-refractivity contribution is 8.26. The zero-order valence-corrected chi connectivity index (χ0v) is 21.7. The molecule has 0 N–H and O–H groups in total. The third kappa shape index (κ3) is 4.62. The summed E-state index contributed by atoms with van der Waals surface area (Å²) in [5.74, 6) is 0.124. The van der Waals surface area contributed by atoms with Crippen molar-refractivity contribution in [1.82, 2.24) is 14.3 Å². The molecule has 2 saturated heterocycles. The van der Waals surface area contributed by atoms with Crippen LogP contribution in [0.25, 0.3) is 11.7 Å². The molecule has 0 radical (unpaired) electrons. The summed E-state index contributed by atoms with van der Waals surface area (Å²) in [5.41, 5.74) is 2.60. The zero-order chi connectivity index (χ0) is 25.4. The van der Waals surface area contributed by atoms with Gasteiger partial charge in [-0.3, -0.25) is 18.9 Å². The molecule has 2 aromatic heterocycles. The molecule has 2 aliphatic heterocycles. The highest BCUT2D eigenvalue weighted by Gasteiger charge is 2.32. The molecule has 4 heterocycles. The second-order valence-electron chi connectivity index (χ2n) is 8.87. The molecule has 0 spiro atoms. The topological polar surface area (TPSA) is 61.2 Å². The number of carbonyl (C=O) groups excluding carboxylic acids is 1. The minimum absolute atomic E-state index is 0.173. The Kier molecular flexibility index (Phi) is 6.81. The van der Waals surface area contributed by atoms with E-state index in [1.54, 1.807) is 29.3 Å². The number of carbonyl (C=O) groups is 1. The lowest BCUT2D eigenvalue weighted by Gasteiger charge is -2.37. The second-order valence-corrected chi connectivity index (χ2v) is 10.5.